The second kappa shape index (κ2) is 7.62. The number of likely N-dealkylation sites (tertiary alicyclic amines) is 1. The van der Waals surface area contributed by atoms with Crippen molar-refractivity contribution in [3.8, 4) is 0 Å². The Bertz CT molecular complexity index is 334. The SMILES string of the molecule is CC(C)C[C@@H]1CCCC[C@@H]1OC(=O)C[N+]1(C)CCCCC1. The first-order valence-corrected chi connectivity index (χ1v) is 9.01. The van der Waals surface area contributed by atoms with Crippen LogP contribution in [0.1, 0.15) is 65.2 Å². The number of carbonyl (C=O) groups is 1. The summed E-state index contributed by atoms with van der Waals surface area (Å²) in [5.41, 5.74) is 0. The Morgan fingerprint density at radius 3 is 2.43 bits per heavy atom. The average Bonchev–Trinajstić information content (AvgIpc) is 2.40. The van der Waals surface area contributed by atoms with Crippen LogP contribution in [-0.4, -0.2) is 43.2 Å². The lowest BCUT2D eigenvalue weighted by molar-refractivity contribution is -0.907. The summed E-state index contributed by atoms with van der Waals surface area (Å²) < 4.78 is 6.81. The fraction of sp³-hybridized carbons (Fsp3) is 0.944. The number of hydrogen-bond acceptors (Lipinski definition) is 2. The predicted molar refractivity (Wildman–Crippen MR) is 85.9 cm³/mol. The van der Waals surface area contributed by atoms with Gasteiger partial charge in [0.05, 0.1) is 20.1 Å². The van der Waals surface area contributed by atoms with Crippen molar-refractivity contribution in [1.82, 2.24) is 0 Å². The first-order valence-electron chi connectivity index (χ1n) is 9.01. The Morgan fingerprint density at radius 1 is 1.10 bits per heavy atom. The molecule has 2 atom stereocenters. The molecule has 1 heterocycles. The summed E-state index contributed by atoms with van der Waals surface area (Å²) in [4.78, 5) is 12.4. The molecule has 0 bridgehead atoms. The fourth-order valence-electron chi connectivity index (χ4n) is 4.16. The van der Waals surface area contributed by atoms with Crippen molar-refractivity contribution in [3.05, 3.63) is 0 Å². The van der Waals surface area contributed by atoms with E-state index in [1.807, 2.05) is 0 Å². The topological polar surface area (TPSA) is 26.3 Å². The lowest BCUT2D eigenvalue weighted by atomic mass is 9.81. The molecule has 1 aliphatic heterocycles. The van der Waals surface area contributed by atoms with Crippen molar-refractivity contribution >= 4 is 5.97 Å². The van der Waals surface area contributed by atoms with E-state index < -0.39 is 0 Å². The van der Waals surface area contributed by atoms with E-state index in [0.717, 1.165) is 24.0 Å². The lowest BCUT2D eigenvalue weighted by Crippen LogP contribution is -2.51. The van der Waals surface area contributed by atoms with Crippen LogP contribution in [0.25, 0.3) is 0 Å². The number of esters is 1. The van der Waals surface area contributed by atoms with Gasteiger partial charge in [-0.25, -0.2) is 4.79 Å². The third kappa shape index (κ3) is 5.28. The first kappa shape index (κ1) is 16.8. The first-order chi connectivity index (χ1) is 9.98. The standard InChI is InChI=1S/C18H34NO2/c1-15(2)13-16-9-5-6-10-17(16)21-18(20)14-19(3)11-7-4-8-12-19/h15-17H,4-14H2,1-3H3/q+1/t16-,17-/m0/s1. The van der Waals surface area contributed by atoms with Gasteiger partial charge in [0.15, 0.2) is 6.54 Å². The Morgan fingerprint density at radius 2 is 1.76 bits per heavy atom. The summed E-state index contributed by atoms with van der Waals surface area (Å²) in [5, 5.41) is 0. The van der Waals surface area contributed by atoms with Crippen LogP contribution in [0.5, 0.6) is 0 Å². The second-order valence-corrected chi connectivity index (χ2v) is 7.99. The van der Waals surface area contributed by atoms with E-state index in [-0.39, 0.29) is 12.1 Å². The Balaban J connectivity index is 1.84. The number of likely N-dealkylation sites (N-methyl/N-ethyl adjacent to an activating group) is 1. The molecule has 0 aromatic carbocycles. The van der Waals surface area contributed by atoms with Crippen molar-refractivity contribution in [1.29, 1.82) is 0 Å². The smallest absolute Gasteiger partial charge is 0.362 e. The molecule has 1 saturated heterocycles. The molecule has 2 fully saturated rings. The van der Waals surface area contributed by atoms with Crippen LogP contribution in [0.15, 0.2) is 0 Å². The van der Waals surface area contributed by atoms with E-state index in [9.17, 15) is 4.79 Å². The zero-order valence-corrected chi connectivity index (χ0v) is 14.3. The van der Waals surface area contributed by atoms with Crippen molar-refractivity contribution < 1.29 is 14.0 Å². The van der Waals surface area contributed by atoms with Crippen LogP contribution in [-0.2, 0) is 9.53 Å². The lowest BCUT2D eigenvalue weighted by Gasteiger charge is -2.38. The van der Waals surface area contributed by atoms with Gasteiger partial charge in [-0.3, -0.25) is 0 Å². The van der Waals surface area contributed by atoms with E-state index in [2.05, 4.69) is 20.9 Å². The molecule has 1 saturated carbocycles. The summed E-state index contributed by atoms with van der Waals surface area (Å²) in [7, 11) is 2.22. The van der Waals surface area contributed by atoms with Gasteiger partial charge in [0, 0.05) is 0 Å². The molecule has 1 aliphatic carbocycles. The zero-order chi connectivity index (χ0) is 15.3. The normalized spacial score (nSPS) is 29.3. The van der Waals surface area contributed by atoms with Gasteiger partial charge in [-0.15, -0.1) is 0 Å². The summed E-state index contributed by atoms with van der Waals surface area (Å²) in [6, 6.07) is 0. The van der Waals surface area contributed by atoms with Gasteiger partial charge in [-0.1, -0.05) is 20.3 Å². The average molecular weight is 296 g/mol. The molecular formula is C18H34NO2+. The number of nitrogens with zero attached hydrogens (tertiary/aromatic N) is 1. The highest BCUT2D eigenvalue weighted by molar-refractivity contribution is 5.70. The van der Waals surface area contributed by atoms with E-state index in [4.69, 9.17) is 4.74 Å². The maximum absolute atomic E-state index is 12.4. The van der Waals surface area contributed by atoms with Crippen LogP contribution in [0, 0.1) is 11.8 Å². The zero-order valence-electron chi connectivity index (χ0n) is 14.3. The molecule has 2 rings (SSSR count). The summed E-state index contributed by atoms with van der Waals surface area (Å²) in [5.74, 6) is 1.33. The monoisotopic (exact) mass is 296 g/mol. The van der Waals surface area contributed by atoms with Crippen molar-refractivity contribution in [2.24, 2.45) is 11.8 Å². The number of carbonyl (C=O) groups excluding carboxylic acids is 1. The number of hydrogen-bond donors (Lipinski definition) is 0. The maximum Gasteiger partial charge on any atom is 0.362 e. The highest BCUT2D eigenvalue weighted by Gasteiger charge is 2.33. The molecule has 0 amide bonds. The quantitative estimate of drug-likeness (QED) is 0.570. The van der Waals surface area contributed by atoms with Crippen LogP contribution < -0.4 is 0 Å². The number of quaternary nitrogens is 1. The van der Waals surface area contributed by atoms with Crippen LogP contribution in [0.3, 0.4) is 0 Å². The highest BCUT2D eigenvalue weighted by atomic mass is 16.5. The molecule has 0 unspecified atom stereocenters. The Kier molecular flexibility index (Phi) is 6.09. The van der Waals surface area contributed by atoms with Gasteiger partial charge in [-0.05, 0) is 56.8 Å². The fourth-order valence-corrected chi connectivity index (χ4v) is 4.16. The van der Waals surface area contributed by atoms with Gasteiger partial charge < -0.3 is 9.22 Å². The summed E-state index contributed by atoms with van der Waals surface area (Å²) >= 11 is 0. The van der Waals surface area contributed by atoms with E-state index in [1.165, 1.54) is 44.9 Å². The van der Waals surface area contributed by atoms with Crippen LogP contribution >= 0.6 is 0 Å². The largest absolute Gasteiger partial charge is 0.458 e. The minimum Gasteiger partial charge on any atom is -0.458 e. The molecule has 2 aliphatic rings. The minimum absolute atomic E-state index is 0.0417. The molecule has 3 heteroatoms. The minimum atomic E-state index is 0.0417. The van der Waals surface area contributed by atoms with E-state index in [0.29, 0.717) is 18.4 Å². The molecule has 0 radical (unpaired) electrons. The summed E-state index contributed by atoms with van der Waals surface area (Å²) in [6.07, 6.45) is 10.1. The van der Waals surface area contributed by atoms with Gasteiger partial charge in [-0.2, -0.15) is 0 Å². The van der Waals surface area contributed by atoms with Crippen molar-refractivity contribution in [3.63, 3.8) is 0 Å². The predicted octanol–water partition coefficient (Wildman–Crippen LogP) is 3.77. The van der Waals surface area contributed by atoms with Crippen molar-refractivity contribution in [2.75, 3.05) is 26.7 Å². The number of piperidine rings is 1. The number of rotatable bonds is 5. The molecule has 0 N–H and O–H groups in total. The van der Waals surface area contributed by atoms with Crippen molar-refractivity contribution in [2.45, 2.75) is 71.3 Å². The van der Waals surface area contributed by atoms with E-state index in [1.54, 1.807) is 0 Å². The molecule has 122 valence electrons. The third-order valence-electron chi connectivity index (χ3n) is 5.30. The molecule has 0 aromatic heterocycles. The molecule has 0 aromatic rings. The van der Waals surface area contributed by atoms with Gasteiger partial charge >= 0.3 is 5.97 Å². The number of ether oxygens (including phenoxy) is 1. The molecule has 3 nitrogen and oxygen atoms in total. The van der Waals surface area contributed by atoms with Crippen LogP contribution in [0.4, 0.5) is 0 Å². The van der Waals surface area contributed by atoms with E-state index >= 15 is 0 Å². The highest BCUT2D eigenvalue weighted by Crippen LogP contribution is 2.32. The molecular weight excluding hydrogens is 262 g/mol. The Hall–Kier alpha value is -0.570. The Labute approximate surface area is 130 Å². The summed E-state index contributed by atoms with van der Waals surface area (Å²) in [6.45, 7) is 7.39. The second-order valence-electron chi connectivity index (χ2n) is 7.99. The molecule has 0 spiro atoms. The third-order valence-corrected chi connectivity index (χ3v) is 5.30. The van der Waals surface area contributed by atoms with Gasteiger partial charge in [0.2, 0.25) is 0 Å². The molecule has 21 heavy (non-hydrogen) atoms. The van der Waals surface area contributed by atoms with Gasteiger partial charge in [0.1, 0.15) is 6.10 Å². The maximum atomic E-state index is 12.4. The van der Waals surface area contributed by atoms with Crippen LogP contribution in [0.2, 0.25) is 0 Å². The van der Waals surface area contributed by atoms with Gasteiger partial charge in [0.25, 0.3) is 0 Å².